The average Bonchev–Trinajstić information content (AvgIpc) is 2.29. The Labute approximate surface area is 71.1 Å². The summed E-state index contributed by atoms with van der Waals surface area (Å²) in [6.07, 6.45) is 3.67. The quantitative estimate of drug-likeness (QED) is 0.629. The van der Waals surface area contributed by atoms with E-state index in [1.54, 1.807) is 6.20 Å². The van der Waals surface area contributed by atoms with Crippen molar-refractivity contribution in [3.8, 4) is 5.75 Å². The highest BCUT2D eigenvalue weighted by Gasteiger charge is 2.05. The Morgan fingerprint density at radius 3 is 2.75 bits per heavy atom. The van der Waals surface area contributed by atoms with Crippen LogP contribution in [0.1, 0.15) is 11.1 Å². The van der Waals surface area contributed by atoms with Crippen LogP contribution in [0.2, 0.25) is 0 Å². The summed E-state index contributed by atoms with van der Waals surface area (Å²) >= 11 is 0. The minimum atomic E-state index is 0.365. The molecule has 2 aromatic heterocycles. The molecule has 2 rings (SSSR count). The van der Waals surface area contributed by atoms with Crippen molar-refractivity contribution in [3.63, 3.8) is 0 Å². The topological polar surface area (TPSA) is 24.6 Å². The van der Waals surface area contributed by atoms with Gasteiger partial charge in [0, 0.05) is 11.8 Å². The zero-order valence-corrected chi connectivity index (χ0v) is 7.20. The van der Waals surface area contributed by atoms with Gasteiger partial charge in [-0.15, -0.1) is 0 Å². The van der Waals surface area contributed by atoms with Gasteiger partial charge >= 0.3 is 0 Å². The molecule has 0 aliphatic carbocycles. The molecule has 12 heavy (non-hydrogen) atoms. The Hall–Kier alpha value is -1.44. The lowest BCUT2D eigenvalue weighted by atomic mass is 10.2. The first-order valence-corrected chi connectivity index (χ1v) is 3.96. The minimum absolute atomic E-state index is 0.365. The fraction of sp³-hybridized carbons (Fsp3) is 0.200. The molecule has 0 radical (unpaired) electrons. The van der Waals surface area contributed by atoms with Crippen LogP contribution in [0.4, 0.5) is 0 Å². The Balaban J connectivity index is 2.97. The van der Waals surface area contributed by atoms with Crippen molar-refractivity contribution < 1.29 is 5.11 Å². The second-order valence-corrected chi connectivity index (χ2v) is 3.09. The van der Waals surface area contributed by atoms with Gasteiger partial charge < -0.3 is 9.51 Å². The second kappa shape index (κ2) is 2.27. The van der Waals surface area contributed by atoms with Crippen molar-refractivity contribution in [2.75, 3.05) is 0 Å². The molecular weight excluding hydrogens is 150 g/mol. The van der Waals surface area contributed by atoms with Gasteiger partial charge in [-0.3, -0.25) is 0 Å². The smallest absolute Gasteiger partial charge is 0.137 e. The van der Waals surface area contributed by atoms with Crippen molar-refractivity contribution in [2.45, 2.75) is 13.8 Å². The molecule has 2 heterocycles. The van der Waals surface area contributed by atoms with E-state index < -0.39 is 0 Å². The van der Waals surface area contributed by atoms with Crippen molar-refractivity contribution in [2.24, 2.45) is 0 Å². The molecule has 0 unspecified atom stereocenters. The zero-order valence-electron chi connectivity index (χ0n) is 7.20. The SMILES string of the molecule is Cc1cccn2cc(O)c(C)c12. The largest absolute Gasteiger partial charge is 0.506 e. The van der Waals surface area contributed by atoms with E-state index in [1.807, 2.05) is 36.6 Å². The van der Waals surface area contributed by atoms with E-state index in [4.69, 9.17) is 0 Å². The Morgan fingerprint density at radius 1 is 1.33 bits per heavy atom. The van der Waals surface area contributed by atoms with E-state index in [0.717, 1.165) is 11.1 Å². The van der Waals surface area contributed by atoms with Crippen LogP contribution in [0.15, 0.2) is 24.5 Å². The Kier molecular flexibility index (Phi) is 1.37. The molecule has 0 aliphatic rings. The lowest BCUT2D eigenvalue weighted by Crippen LogP contribution is -1.84. The van der Waals surface area contributed by atoms with Gasteiger partial charge in [0.15, 0.2) is 0 Å². The van der Waals surface area contributed by atoms with Crippen molar-refractivity contribution >= 4 is 5.52 Å². The van der Waals surface area contributed by atoms with Gasteiger partial charge in [-0.05, 0) is 25.5 Å². The summed E-state index contributed by atoms with van der Waals surface area (Å²) in [5, 5.41) is 9.45. The summed E-state index contributed by atoms with van der Waals surface area (Å²) in [5.74, 6) is 0.365. The lowest BCUT2D eigenvalue weighted by molar-refractivity contribution is 0.472. The molecule has 2 aromatic rings. The fourth-order valence-electron chi connectivity index (χ4n) is 1.58. The molecule has 0 saturated heterocycles. The van der Waals surface area contributed by atoms with Crippen LogP contribution in [0, 0.1) is 13.8 Å². The maximum atomic E-state index is 9.45. The third-order valence-corrected chi connectivity index (χ3v) is 2.23. The summed E-state index contributed by atoms with van der Waals surface area (Å²) in [6.45, 7) is 3.97. The van der Waals surface area contributed by atoms with E-state index in [9.17, 15) is 5.11 Å². The van der Waals surface area contributed by atoms with Crippen LogP contribution in [0.5, 0.6) is 5.75 Å². The molecule has 0 aromatic carbocycles. The molecule has 0 saturated carbocycles. The predicted molar refractivity (Wildman–Crippen MR) is 48.5 cm³/mol. The summed E-state index contributed by atoms with van der Waals surface area (Å²) < 4.78 is 1.94. The Morgan fingerprint density at radius 2 is 2.08 bits per heavy atom. The number of pyridine rings is 1. The summed E-state index contributed by atoms with van der Waals surface area (Å²) in [7, 11) is 0. The van der Waals surface area contributed by atoms with Gasteiger partial charge in [0.05, 0.1) is 11.7 Å². The molecule has 62 valence electrons. The van der Waals surface area contributed by atoms with Crippen LogP contribution < -0.4 is 0 Å². The summed E-state index contributed by atoms with van der Waals surface area (Å²) in [6, 6.07) is 4.02. The first-order chi connectivity index (χ1) is 5.70. The van der Waals surface area contributed by atoms with E-state index in [-0.39, 0.29) is 0 Å². The minimum Gasteiger partial charge on any atom is -0.506 e. The van der Waals surface area contributed by atoms with Crippen molar-refractivity contribution in [3.05, 3.63) is 35.7 Å². The van der Waals surface area contributed by atoms with Gasteiger partial charge in [-0.2, -0.15) is 0 Å². The number of hydrogen-bond acceptors (Lipinski definition) is 1. The number of aryl methyl sites for hydroxylation is 2. The fourth-order valence-corrected chi connectivity index (χ4v) is 1.58. The Bertz CT molecular complexity index is 429. The standard InChI is InChI=1S/C10H11NO/c1-7-4-3-5-11-6-9(12)8(2)10(7)11/h3-6,12H,1-2H3. The molecule has 0 spiro atoms. The van der Waals surface area contributed by atoms with Gasteiger partial charge in [-0.1, -0.05) is 6.07 Å². The first kappa shape index (κ1) is 7.22. The monoisotopic (exact) mass is 161 g/mol. The van der Waals surface area contributed by atoms with Gasteiger partial charge in [0.2, 0.25) is 0 Å². The number of aromatic hydroxyl groups is 1. The number of aromatic nitrogens is 1. The molecule has 0 atom stereocenters. The summed E-state index contributed by atoms with van der Waals surface area (Å²) in [5.41, 5.74) is 3.25. The van der Waals surface area contributed by atoms with Gasteiger partial charge in [0.1, 0.15) is 5.75 Å². The summed E-state index contributed by atoms with van der Waals surface area (Å²) in [4.78, 5) is 0. The molecule has 2 nitrogen and oxygen atoms in total. The third-order valence-electron chi connectivity index (χ3n) is 2.23. The second-order valence-electron chi connectivity index (χ2n) is 3.09. The maximum Gasteiger partial charge on any atom is 0.137 e. The number of nitrogens with zero attached hydrogens (tertiary/aromatic N) is 1. The lowest BCUT2D eigenvalue weighted by Gasteiger charge is -1.98. The molecule has 0 aliphatic heterocycles. The molecule has 0 amide bonds. The van der Waals surface area contributed by atoms with Crippen LogP contribution >= 0.6 is 0 Å². The average molecular weight is 161 g/mol. The number of hydrogen-bond donors (Lipinski definition) is 1. The highest BCUT2D eigenvalue weighted by atomic mass is 16.3. The highest BCUT2D eigenvalue weighted by molar-refractivity contribution is 5.65. The first-order valence-electron chi connectivity index (χ1n) is 3.96. The van der Waals surface area contributed by atoms with Crippen LogP contribution in [-0.4, -0.2) is 9.51 Å². The van der Waals surface area contributed by atoms with E-state index in [2.05, 4.69) is 0 Å². The van der Waals surface area contributed by atoms with E-state index in [0.29, 0.717) is 5.75 Å². The third kappa shape index (κ3) is 0.811. The van der Waals surface area contributed by atoms with Crippen LogP contribution in [0.3, 0.4) is 0 Å². The normalized spacial score (nSPS) is 10.8. The van der Waals surface area contributed by atoms with Crippen molar-refractivity contribution in [1.29, 1.82) is 0 Å². The van der Waals surface area contributed by atoms with E-state index in [1.165, 1.54) is 5.56 Å². The van der Waals surface area contributed by atoms with Gasteiger partial charge in [0.25, 0.3) is 0 Å². The number of rotatable bonds is 0. The van der Waals surface area contributed by atoms with Gasteiger partial charge in [-0.25, -0.2) is 0 Å². The predicted octanol–water partition coefficient (Wildman–Crippen LogP) is 2.26. The zero-order chi connectivity index (χ0) is 8.72. The van der Waals surface area contributed by atoms with Crippen LogP contribution in [-0.2, 0) is 0 Å². The molecule has 1 N–H and O–H groups in total. The van der Waals surface area contributed by atoms with Crippen LogP contribution in [0.25, 0.3) is 5.52 Å². The molecule has 0 fully saturated rings. The van der Waals surface area contributed by atoms with E-state index >= 15 is 0 Å². The molecule has 2 heteroatoms. The maximum absolute atomic E-state index is 9.45. The molecular formula is C10H11NO. The van der Waals surface area contributed by atoms with Crippen molar-refractivity contribution in [1.82, 2.24) is 4.40 Å². The molecule has 0 bridgehead atoms. The number of fused-ring (bicyclic) bond motifs is 1. The highest BCUT2D eigenvalue weighted by Crippen LogP contribution is 2.25.